The summed E-state index contributed by atoms with van der Waals surface area (Å²) in [5.74, 6) is -0.225. The van der Waals surface area contributed by atoms with Crippen molar-refractivity contribution >= 4 is 5.82 Å². The molecule has 1 heterocycles. The summed E-state index contributed by atoms with van der Waals surface area (Å²) in [5, 5.41) is 18.8. The van der Waals surface area contributed by atoms with Gasteiger partial charge in [-0.15, -0.1) is 0 Å². The minimum Gasteiger partial charge on any atom is -0.358 e. The predicted molar refractivity (Wildman–Crippen MR) is 77.7 cm³/mol. The molecule has 1 aromatic heterocycles. The molecule has 104 valence electrons. The smallest absolute Gasteiger partial charge is 0.358 e. The van der Waals surface area contributed by atoms with Crippen molar-refractivity contribution in [2.75, 3.05) is 0 Å². The van der Waals surface area contributed by atoms with Gasteiger partial charge in [-0.25, -0.2) is 4.68 Å². The quantitative estimate of drug-likeness (QED) is 0.544. The number of rotatable bonds is 4. The van der Waals surface area contributed by atoms with Gasteiger partial charge in [0, 0.05) is 5.56 Å². The van der Waals surface area contributed by atoms with Gasteiger partial charge in [0.2, 0.25) is 0 Å². The zero-order chi connectivity index (χ0) is 14.7. The molecule has 0 N–H and O–H groups in total. The maximum atomic E-state index is 11.2. The lowest BCUT2D eigenvalue weighted by Gasteiger charge is -2.05. The van der Waals surface area contributed by atoms with Crippen LogP contribution in [0.4, 0.5) is 5.82 Å². The topological polar surface area (TPSA) is 73.8 Å². The molecule has 0 spiro atoms. The Morgan fingerprint density at radius 2 is 1.62 bits per heavy atom. The van der Waals surface area contributed by atoms with Gasteiger partial charge in [0.15, 0.2) is 5.69 Å². The van der Waals surface area contributed by atoms with Gasteiger partial charge in [-0.1, -0.05) is 60.7 Å². The first-order valence-electron chi connectivity index (χ1n) is 6.43. The highest BCUT2D eigenvalue weighted by Crippen LogP contribution is 2.27. The molecule has 0 amide bonds. The highest BCUT2D eigenvalue weighted by atomic mass is 16.6. The number of hydrogen-bond acceptors (Lipinski definition) is 4. The zero-order valence-electron chi connectivity index (χ0n) is 11.1. The van der Waals surface area contributed by atoms with Gasteiger partial charge in [0.05, 0.1) is 11.8 Å². The Bertz CT molecular complexity index is 754. The normalized spacial score (nSPS) is 10.5. The van der Waals surface area contributed by atoms with Crippen LogP contribution in [0.5, 0.6) is 0 Å². The molecule has 0 aliphatic rings. The minimum absolute atomic E-state index is 0.225. The molecule has 0 aliphatic heterocycles. The highest BCUT2D eigenvalue weighted by molar-refractivity contribution is 5.67. The molecule has 6 heteroatoms. The average molecular weight is 280 g/mol. The van der Waals surface area contributed by atoms with Crippen molar-refractivity contribution in [1.29, 1.82) is 0 Å². The Hall–Kier alpha value is -3.02. The van der Waals surface area contributed by atoms with E-state index in [4.69, 9.17) is 0 Å². The van der Waals surface area contributed by atoms with E-state index in [2.05, 4.69) is 10.3 Å². The molecule has 0 bridgehead atoms. The number of aromatic nitrogens is 3. The van der Waals surface area contributed by atoms with Gasteiger partial charge in [0.1, 0.15) is 5.10 Å². The van der Waals surface area contributed by atoms with Crippen LogP contribution in [0.3, 0.4) is 0 Å². The molecule has 3 rings (SSSR count). The molecule has 6 nitrogen and oxygen atoms in total. The summed E-state index contributed by atoms with van der Waals surface area (Å²) in [6.45, 7) is 0.436. The molecule has 0 fully saturated rings. The van der Waals surface area contributed by atoms with Gasteiger partial charge in [-0.2, -0.15) is 0 Å². The van der Waals surface area contributed by atoms with Crippen LogP contribution in [0.1, 0.15) is 5.56 Å². The Labute approximate surface area is 120 Å². The van der Waals surface area contributed by atoms with E-state index in [9.17, 15) is 10.1 Å². The Kier molecular flexibility index (Phi) is 3.42. The van der Waals surface area contributed by atoms with Crippen molar-refractivity contribution < 1.29 is 4.92 Å². The second kappa shape index (κ2) is 5.54. The summed E-state index contributed by atoms with van der Waals surface area (Å²) in [4.78, 5) is 10.6. The largest absolute Gasteiger partial charge is 0.418 e. The minimum atomic E-state index is -0.503. The molecule has 0 atom stereocenters. The van der Waals surface area contributed by atoms with Crippen molar-refractivity contribution in [3.63, 3.8) is 0 Å². The van der Waals surface area contributed by atoms with Crippen molar-refractivity contribution in [2.24, 2.45) is 0 Å². The summed E-state index contributed by atoms with van der Waals surface area (Å²) in [6, 6.07) is 18.8. The third-order valence-corrected chi connectivity index (χ3v) is 3.11. The average Bonchev–Trinajstić information content (AvgIpc) is 2.93. The maximum absolute atomic E-state index is 11.2. The molecule has 0 radical (unpaired) electrons. The number of nitro groups is 1. The molecule has 0 unspecified atom stereocenters. The van der Waals surface area contributed by atoms with Crippen molar-refractivity contribution in [1.82, 2.24) is 15.0 Å². The van der Waals surface area contributed by atoms with Gasteiger partial charge < -0.3 is 10.1 Å². The van der Waals surface area contributed by atoms with Crippen LogP contribution in [0.25, 0.3) is 11.3 Å². The molecule has 3 aromatic rings. The summed E-state index contributed by atoms with van der Waals surface area (Å²) < 4.78 is 1.56. The van der Waals surface area contributed by atoms with Gasteiger partial charge >= 0.3 is 5.82 Å². The number of hydrogen-bond donors (Lipinski definition) is 0. The number of benzene rings is 2. The Balaban J connectivity index is 2.07. The summed E-state index contributed by atoms with van der Waals surface area (Å²) in [7, 11) is 0. The first-order valence-corrected chi connectivity index (χ1v) is 6.43. The van der Waals surface area contributed by atoms with E-state index >= 15 is 0 Å². The van der Waals surface area contributed by atoms with Crippen LogP contribution in [0.2, 0.25) is 0 Å². The van der Waals surface area contributed by atoms with E-state index < -0.39 is 4.92 Å². The molecular formula is C15H12N4O2. The van der Waals surface area contributed by atoms with E-state index in [0.29, 0.717) is 12.2 Å². The second-order valence-corrected chi connectivity index (χ2v) is 4.53. The number of nitrogens with zero attached hydrogens (tertiary/aromatic N) is 4. The fourth-order valence-electron chi connectivity index (χ4n) is 2.17. The summed E-state index contributed by atoms with van der Waals surface area (Å²) in [5.41, 5.74) is 2.16. The summed E-state index contributed by atoms with van der Waals surface area (Å²) >= 11 is 0. The maximum Gasteiger partial charge on any atom is 0.418 e. The van der Waals surface area contributed by atoms with Crippen LogP contribution in [-0.2, 0) is 6.54 Å². The fourth-order valence-corrected chi connectivity index (χ4v) is 2.17. The highest BCUT2D eigenvalue weighted by Gasteiger charge is 2.25. The van der Waals surface area contributed by atoms with E-state index in [1.54, 1.807) is 4.68 Å². The third kappa shape index (κ3) is 2.64. The molecule has 0 saturated carbocycles. The standard InChI is InChI=1S/C15H12N4O2/c20-19(21)15-14(13-9-5-2-6-10-13)18(17-16-15)11-12-7-3-1-4-8-12/h1-10H,11H2. The van der Waals surface area contributed by atoms with Crippen LogP contribution >= 0.6 is 0 Å². The van der Waals surface area contributed by atoms with Crippen LogP contribution in [0, 0.1) is 10.1 Å². The summed E-state index contributed by atoms with van der Waals surface area (Å²) in [6.07, 6.45) is 0. The lowest BCUT2D eigenvalue weighted by molar-refractivity contribution is -0.388. The van der Waals surface area contributed by atoms with E-state index in [0.717, 1.165) is 11.1 Å². The van der Waals surface area contributed by atoms with Gasteiger partial charge in [-0.3, -0.25) is 0 Å². The Morgan fingerprint density at radius 1 is 1.00 bits per heavy atom. The lowest BCUT2D eigenvalue weighted by Crippen LogP contribution is -2.04. The SMILES string of the molecule is O=[N+]([O-])c1nnn(Cc2ccccc2)c1-c1ccccc1. The van der Waals surface area contributed by atoms with E-state index in [1.807, 2.05) is 60.7 Å². The van der Waals surface area contributed by atoms with Crippen molar-refractivity contribution in [2.45, 2.75) is 6.54 Å². The van der Waals surface area contributed by atoms with Crippen molar-refractivity contribution in [3.8, 4) is 11.3 Å². The first kappa shape index (κ1) is 13.0. The molecule has 2 aromatic carbocycles. The van der Waals surface area contributed by atoms with Crippen LogP contribution < -0.4 is 0 Å². The van der Waals surface area contributed by atoms with E-state index in [-0.39, 0.29) is 5.82 Å². The molecule has 21 heavy (non-hydrogen) atoms. The molecule has 0 saturated heterocycles. The van der Waals surface area contributed by atoms with Crippen LogP contribution in [-0.4, -0.2) is 19.9 Å². The molecular weight excluding hydrogens is 268 g/mol. The third-order valence-electron chi connectivity index (χ3n) is 3.11. The van der Waals surface area contributed by atoms with Gasteiger partial charge in [-0.05, 0) is 10.5 Å². The fraction of sp³-hybridized carbons (Fsp3) is 0.0667. The van der Waals surface area contributed by atoms with Crippen LogP contribution in [0.15, 0.2) is 60.7 Å². The second-order valence-electron chi connectivity index (χ2n) is 4.53. The monoisotopic (exact) mass is 280 g/mol. The van der Waals surface area contributed by atoms with Crippen molar-refractivity contribution in [3.05, 3.63) is 76.3 Å². The lowest BCUT2D eigenvalue weighted by atomic mass is 10.1. The molecule has 0 aliphatic carbocycles. The zero-order valence-corrected chi connectivity index (χ0v) is 11.1. The van der Waals surface area contributed by atoms with E-state index in [1.165, 1.54) is 0 Å². The first-order chi connectivity index (χ1) is 10.3. The van der Waals surface area contributed by atoms with Gasteiger partial charge in [0.25, 0.3) is 0 Å². The Morgan fingerprint density at radius 3 is 2.24 bits per heavy atom. The predicted octanol–water partition coefficient (Wildman–Crippen LogP) is 2.90.